The lowest BCUT2D eigenvalue weighted by molar-refractivity contribution is -0.147. The van der Waals surface area contributed by atoms with Gasteiger partial charge in [-0.25, -0.2) is 0 Å². The van der Waals surface area contributed by atoms with Gasteiger partial charge in [-0.1, -0.05) is 6.07 Å². The number of halogens is 3. The van der Waals surface area contributed by atoms with Crippen LogP contribution in [0.2, 0.25) is 0 Å². The molecule has 0 amide bonds. The number of nitriles is 1. The Morgan fingerprint density at radius 2 is 2.05 bits per heavy atom. The zero-order chi connectivity index (χ0) is 15.7. The number of aliphatic hydroxyl groups excluding tert-OH is 1. The van der Waals surface area contributed by atoms with E-state index in [9.17, 15) is 13.2 Å². The van der Waals surface area contributed by atoms with Gasteiger partial charge >= 0.3 is 6.18 Å². The van der Waals surface area contributed by atoms with Crippen LogP contribution in [0.5, 0.6) is 5.75 Å². The van der Waals surface area contributed by atoms with Crippen molar-refractivity contribution < 1.29 is 23.0 Å². The van der Waals surface area contributed by atoms with Crippen LogP contribution in [-0.4, -0.2) is 49.0 Å². The van der Waals surface area contributed by atoms with Gasteiger partial charge in [0.1, 0.15) is 5.75 Å². The molecule has 0 saturated carbocycles. The highest BCUT2D eigenvalue weighted by Crippen LogP contribution is 2.17. The summed E-state index contributed by atoms with van der Waals surface area (Å²) in [5, 5.41) is 17.5. The molecule has 0 aliphatic carbocycles. The fraction of sp³-hybridized carbons (Fsp3) is 0.500. The fourth-order valence-electron chi connectivity index (χ4n) is 1.80. The van der Waals surface area contributed by atoms with Crippen LogP contribution in [0.1, 0.15) is 12.0 Å². The lowest BCUT2D eigenvalue weighted by Crippen LogP contribution is -2.37. The van der Waals surface area contributed by atoms with Crippen LogP contribution in [0, 0.1) is 11.3 Å². The minimum absolute atomic E-state index is 0.0244. The van der Waals surface area contributed by atoms with Crippen molar-refractivity contribution in [3.8, 4) is 11.8 Å². The van der Waals surface area contributed by atoms with E-state index in [1.165, 1.54) is 0 Å². The molecule has 0 atom stereocenters. The van der Waals surface area contributed by atoms with E-state index < -0.39 is 12.7 Å². The molecule has 0 aliphatic rings. The largest absolute Gasteiger partial charge is 0.494 e. The molecule has 0 heterocycles. The number of alkyl halides is 3. The highest BCUT2D eigenvalue weighted by atomic mass is 19.4. The minimum Gasteiger partial charge on any atom is -0.494 e. The predicted molar refractivity (Wildman–Crippen MR) is 70.8 cm³/mol. The quantitative estimate of drug-likeness (QED) is 0.748. The molecule has 1 aromatic carbocycles. The van der Waals surface area contributed by atoms with Gasteiger partial charge in [-0.3, -0.25) is 4.90 Å². The lowest BCUT2D eigenvalue weighted by atomic mass is 10.2. The van der Waals surface area contributed by atoms with Crippen LogP contribution in [0.4, 0.5) is 13.2 Å². The first-order valence-electron chi connectivity index (χ1n) is 6.47. The molecule has 0 saturated heterocycles. The van der Waals surface area contributed by atoms with E-state index in [-0.39, 0.29) is 26.3 Å². The van der Waals surface area contributed by atoms with Crippen molar-refractivity contribution in [1.82, 2.24) is 4.90 Å². The van der Waals surface area contributed by atoms with E-state index in [2.05, 4.69) is 0 Å². The minimum atomic E-state index is -4.28. The second-order valence-electron chi connectivity index (χ2n) is 4.46. The molecule has 0 unspecified atom stereocenters. The van der Waals surface area contributed by atoms with Crippen LogP contribution in [0.3, 0.4) is 0 Å². The number of benzene rings is 1. The smallest absolute Gasteiger partial charge is 0.401 e. The summed E-state index contributed by atoms with van der Waals surface area (Å²) in [5.41, 5.74) is 0.464. The third-order valence-electron chi connectivity index (χ3n) is 2.67. The number of hydrogen-bond donors (Lipinski definition) is 1. The summed E-state index contributed by atoms with van der Waals surface area (Å²) in [5.74, 6) is 0.513. The molecule has 4 nitrogen and oxygen atoms in total. The van der Waals surface area contributed by atoms with E-state index >= 15 is 0 Å². The first-order chi connectivity index (χ1) is 9.94. The zero-order valence-corrected chi connectivity index (χ0v) is 11.4. The van der Waals surface area contributed by atoms with Gasteiger partial charge in [-0.2, -0.15) is 18.4 Å². The molecule has 0 bridgehead atoms. The highest BCUT2D eigenvalue weighted by molar-refractivity contribution is 5.36. The Hall–Kier alpha value is -1.78. The standard InChI is InChI=1S/C14H17F3N2O2/c15-14(16,17)11-19(6-7-20)5-2-8-21-13-4-1-3-12(9-13)10-18/h1,3-4,9,20H,2,5-8,11H2. The molecule has 7 heteroatoms. The van der Waals surface area contributed by atoms with Gasteiger partial charge < -0.3 is 9.84 Å². The third-order valence-corrected chi connectivity index (χ3v) is 2.67. The summed E-state index contributed by atoms with van der Waals surface area (Å²) in [6.45, 7) is -0.964. The number of ether oxygens (including phenoxy) is 1. The summed E-state index contributed by atoms with van der Waals surface area (Å²) in [6, 6.07) is 8.54. The summed E-state index contributed by atoms with van der Waals surface area (Å²) in [7, 11) is 0. The van der Waals surface area contributed by atoms with Gasteiger partial charge in [0.05, 0.1) is 31.4 Å². The van der Waals surface area contributed by atoms with Crippen molar-refractivity contribution in [2.45, 2.75) is 12.6 Å². The second-order valence-corrected chi connectivity index (χ2v) is 4.46. The first-order valence-corrected chi connectivity index (χ1v) is 6.47. The van der Waals surface area contributed by atoms with Gasteiger partial charge in [0.15, 0.2) is 0 Å². The monoisotopic (exact) mass is 302 g/mol. The van der Waals surface area contributed by atoms with E-state index in [0.29, 0.717) is 17.7 Å². The zero-order valence-electron chi connectivity index (χ0n) is 11.4. The normalized spacial score (nSPS) is 11.4. The van der Waals surface area contributed by atoms with Crippen LogP contribution in [0.15, 0.2) is 24.3 Å². The molecule has 0 aromatic heterocycles. The Morgan fingerprint density at radius 3 is 2.67 bits per heavy atom. The first kappa shape index (κ1) is 17.3. The van der Waals surface area contributed by atoms with Crippen LogP contribution < -0.4 is 4.74 Å². The molecular weight excluding hydrogens is 285 g/mol. The van der Waals surface area contributed by atoms with Gasteiger partial charge in [-0.05, 0) is 24.6 Å². The maximum Gasteiger partial charge on any atom is 0.401 e. The molecular formula is C14H17F3N2O2. The van der Waals surface area contributed by atoms with Crippen LogP contribution >= 0.6 is 0 Å². The lowest BCUT2D eigenvalue weighted by Gasteiger charge is -2.22. The molecule has 116 valence electrons. The highest BCUT2D eigenvalue weighted by Gasteiger charge is 2.30. The van der Waals surface area contributed by atoms with Crippen molar-refractivity contribution in [2.75, 3.05) is 32.8 Å². The Balaban J connectivity index is 2.35. The third kappa shape index (κ3) is 7.54. The van der Waals surface area contributed by atoms with E-state index in [1.54, 1.807) is 24.3 Å². The van der Waals surface area contributed by atoms with Crippen molar-refractivity contribution in [2.24, 2.45) is 0 Å². The van der Waals surface area contributed by atoms with Crippen molar-refractivity contribution in [3.63, 3.8) is 0 Å². The average molecular weight is 302 g/mol. The second kappa shape index (κ2) is 8.49. The Morgan fingerprint density at radius 1 is 1.29 bits per heavy atom. The van der Waals surface area contributed by atoms with Crippen LogP contribution in [-0.2, 0) is 0 Å². The average Bonchev–Trinajstić information content (AvgIpc) is 2.42. The summed E-state index contributed by atoms with van der Waals surface area (Å²) >= 11 is 0. The Bertz CT molecular complexity index is 472. The molecule has 21 heavy (non-hydrogen) atoms. The molecule has 1 aromatic rings. The SMILES string of the molecule is N#Cc1cccc(OCCCN(CCO)CC(F)(F)F)c1. The Kier molecular flexibility index (Phi) is 6.99. The van der Waals surface area contributed by atoms with Gasteiger partial charge in [0.25, 0.3) is 0 Å². The number of nitrogens with zero attached hydrogens (tertiary/aromatic N) is 2. The number of aliphatic hydroxyl groups is 1. The van der Waals surface area contributed by atoms with Gasteiger partial charge in [0, 0.05) is 13.1 Å². The van der Waals surface area contributed by atoms with E-state index in [1.807, 2.05) is 6.07 Å². The van der Waals surface area contributed by atoms with Gasteiger partial charge in [-0.15, -0.1) is 0 Å². The number of rotatable bonds is 8. The number of hydrogen-bond acceptors (Lipinski definition) is 4. The van der Waals surface area contributed by atoms with Crippen molar-refractivity contribution in [1.29, 1.82) is 5.26 Å². The maximum absolute atomic E-state index is 12.3. The molecule has 1 N–H and O–H groups in total. The maximum atomic E-state index is 12.3. The predicted octanol–water partition coefficient (Wildman–Crippen LogP) is 2.18. The van der Waals surface area contributed by atoms with Crippen LogP contribution in [0.25, 0.3) is 0 Å². The Labute approximate surface area is 121 Å². The summed E-state index contributed by atoms with van der Waals surface area (Å²) < 4.78 is 42.3. The van der Waals surface area contributed by atoms with Gasteiger partial charge in [0.2, 0.25) is 0 Å². The topological polar surface area (TPSA) is 56.5 Å². The molecule has 0 fully saturated rings. The van der Waals surface area contributed by atoms with Crippen molar-refractivity contribution >= 4 is 0 Å². The van der Waals surface area contributed by atoms with E-state index in [0.717, 1.165) is 4.90 Å². The van der Waals surface area contributed by atoms with E-state index in [4.69, 9.17) is 15.1 Å². The molecule has 0 aliphatic heterocycles. The fourth-order valence-corrected chi connectivity index (χ4v) is 1.80. The molecule has 0 spiro atoms. The molecule has 0 radical (unpaired) electrons. The molecule has 1 rings (SSSR count). The summed E-state index contributed by atoms with van der Waals surface area (Å²) in [4.78, 5) is 1.13. The van der Waals surface area contributed by atoms with Crippen molar-refractivity contribution in [3.05, 3.63) is 29.8 Å². The summed E-state index contributed by atoms with van der Waals surface area (Å²) in [6.07, 6.45) is -3.88.